The number of amides is 2. The van der Waals surface area contributed by atoms with Gasteiger partial charge in [-0.25, -0.2) is 4.39 Å². The Labute approximate surface area is 146 Å². The summed E-state index contributed by atoms with van der Waals surface area (Å²) in [5.41, 5.74) is 0.309. The third kappa shape index (κ3) is 3.67. The Morgan fingerprint density at radius 1 is 1.24 bits per heavy atom. The minimum Gasteiger partial charge on any atom is -0.378 e. The molecule has 0 aromatic heterocycles. The average molecular weight is 349 g/mol. The molecule has 2 atom stereocenters. The molecule has 2 aliphatic heterocycles. The van der Waals surface area contributed by atoms with Gasteiger partial charge in [0.1, 0.15) is 11.9 Å². The van der Waals surface area contributed by atoms with Crippen molar-refractivity contribution in [3.8, 4) is 0 Å². The average Bonchev–Trinajstić information content (AvgIpc) is 3.12. The molecule has 2 amide bonds. The number of halogens is 1. The lowest BCUT2D eigenvalue weighted by Crippen LogP contribution is -2.52. The molecule has 0 spiro atoms. The molecule has 0 aliphatic carbocycles. The monoisotopic (exact) mass is 349 g/mol. The molecule has 2 saturated heterocycles. The Bertz CT molecular complexity index is 634. The fraction of sp³-hybridized carbons (Fsp3) is 0.556. The molecule has 1 aromatic carbocycles. The van der Waals surface area contributed by atoms with Crippen LogP contribution in [0.2, 0.25) is 0 Å². The van der Waals surface area contributed by atoms with Crippen LogP contribution in [0.3, 0.4) is 0 Å². The summed E-state index contributed by atoms with van der Waals surface area (Å²) in [6, 6.07) is 5.07. The van der Waals surface area contributed by atoms with E-state index in [1.807, 2.05) is 4.90 Å². The van der Waals surface area contributed by atoms with Crippen LogP contribution in [0.1, 0.15) is 24.4 Å². The van der Waals surface area contributed by atoms with Crippen LogP contribution in [-0.4, -0.2) is 67.6 Å². The van der Waals surface area contributed by atoms with E-state index in [2.05, 4.69) is 5.32 Å². The third-order valence-corrected chi connectivity index (χ3v) is 4.93. The van der Waals surface area contributed by atoms with Crippen molar-refractivity contribution in [2.24, 2.45) is 0 Å². The lowest BCUT2D eigenvalue weighted by molar-refractivity contribution is -0.142. The number of rotatable bonds is 4. The van der Waals surface area contributed by atoms with Crippen LogP contribution in [0.4, 0.5) is 4.39 Å². The molecule has 25 heavy (non-hydrogen) atoms. The number of nitrogens with one attached hydrogen (secondary N) is 1. The number of nitrogens with zero attached hydrogens (tertiary/aromatic N) is 2. The molecule has 0 saturated carbocycles. The van der Waals surface area contributed by atoms with Gasteiger partial charge in [-0.3, -0.25) is 14.5 Å². The van der Waals surface area contributed by atoms with Gasteiger partial charge in [0.15, 0.2) is 0 Å². The second-order valence-electron chi connectivity index (χ2n) is 6.37. The van der Waals surface area contributed by atoms with E-state index < -0.39 is 17.9 Å². The zero-order valence-corrected chi connectivity index (χ0v) is 14.4. The summed E-state index contributed by atoms with van der Waals surface area (Å²) in [5.74, 6) is -0.724. The van der Waals surface area contributed by atoms with Crippen LogP contribution >= 0.6 is 0 Å². The first-order valence-corrected chi connectivity index (χ1v) is 8.71. The Hall–Kier alpha value is -1.99. The Morgan fingerprint density at radius 2 is 1.96 bits per heavy atom. The maximum atomic E-state index is 14.4. The minimum absolute atomic E-state index is 0.00559. The van der Waals surface area contributed by atoms with Gasteiger partial charge in [-0.1, -0.05) is 18.2 Å². The van der Waals surface area contributed by atoms with Gasteiger partial charge < -0.3 is 15.0 Å². The number of carbonyl (C=O) groups excluding carboxylic acids is 2. The van der Waals surface area contributed by atoms with E-state index in [4.69, 9.17) is 4.74 Å². The van der Waals surface area contributed by atoms with E-state index >= 15 is 0 Å². The third-order valence-electron chi connectivity index (χ3n) is 4.93. The van der Waals surface area contributed by atoms with Crippen molar-refractivity contribution in [2.75, 3.05) is 39.9 Å². The van der Waals surface area contributed by atoms with E-state index in [-0.39, 0.29) is 11.8 Å². The van der Waals surface area contributed by atoms with Crippen LogP contribution < -0.4 is 5.32 Å². The number of carbonyl (C=O) groups is 2. The lowest BCUT2D eigenvalue weighted by Gasteiger charge is -2.35. The summed E-state index contributed by atoms with van der Waals surface area (Å²) in [6.45, 7) is 2.78. The SMILES string of the molecule is CNC(=O)[C@@H](c1ccccc1F)N1CCC[C@H]1C(=O)N1CCOCC1. The Morgan fingerprint density at radius 3 is 2.64 bits per heavy atom. The van der Waals surface area contributed by atoms with Crippen LogP contribution in [0.5, 0.6) is 0 Å². The first kappa shape index (κ1) is 17.8. The molecule has 0 radical (unpaired) electrons. The maximum absolute atomic E-state index is 14.4. The van der Waals surface area contributed by atoms with Gasteiger partial charge in [0, 0.05) is 32.2 Å². The highest BCUT2D eigenvalue weighted by atomic mass is 19.1. The Balaban J connectivity index is 1.88. The summed E-state index contributed by atoms with van der Waals surface area (Å²) < 4.78 is 19.7. The molecule has 6 nitrogen and oxygen atoms in total. The summed E-state index contributed by atoms with van der Waals surface area (Å²) in [6.07, 6.45) is 1.49. The van der Waals surface area contributed by atoms with Crippen LogP contribution in [0.25, 0.3) is 0 Å². The largest absolute Gasteiger partial charge is 0.378 e. The molecule has 3 rings (SSSR count). The molecule has 1 N–H and O–H groups in total. The number of likely N-dealkylation sites (N-methyl/N-ethyl adjacent to an activating group) is 1. The molecule has 2 fully saturated rings. The second kappa shape index (κ2) is 7.93. The van der Waals surface area contributed by atoms with Gasteiger partial charge in [0.2, 0.25) is 11.8 Å². The van der Waals surface area contributed by atoms with Crippen molar-refractivity contribution in [3.05, 3.63) is 35.6 Å². The number of hydrogen-bond acceptors (Lipinski definition) is 4. The second-order valence-corrected chi connectivity index (χ2v) is 6.37. The summed E-state index contributed by atoms with van der Waals surface area (Å²) >= 11 is 0. The lowest BCUT2D eigenvalue weighted by atomic mass is 10.0. The van der Waals surface area contributed by atoms with Crippen molar-refractivity contribution < 1.29 is 18.7 Å². The van der Waals surface area contributed by atoms with Crippen LogP contribution in [0.15, 0.2) is 24.3 Å². The molecule has 136 valence electrons. The van der Waals surface area contributed by atoms with Crippen molar-refractivity contribution in [1.82, 2.24) is 15.1 Å². The standard InChI is InChI=1S/C18H24FN3O3/c1-20-17(23)16(13-5-2-3-6-14(13)19)22-8-4-7-15(22)18(24)21-9-11-25-12-10-21/h2-3,5-6,15-16H,4,7-12H2,1H3,(H,20,23)/t15-,16+/m0/s1. The van der Waals surface area contributed by atoms with E-state index in [0.29, 0.717) is 44.8 Å². The summed E-state index contributed by atoms with van der Waals surface area (Å²) in [7, 11) is 1.53. The number of morpholine rings is 1. The number of benzene rings is 1. The zero-order chi connectivity index (χ0) is 17.8. The first-order chi connectivity index (χ1) is 12.1. The van der Waals surface area contributed by atoms with Gasteiger partial charge in [-0.15, -0.1) is 0 Å². The van der Waals surface area contributed by atoms with Crippen molar-refractivity contribution in [2.45, 2.75) is 24.9 Å². The summed E-state index contributed by atoms with van der Waals surface area (Å²) in [4.78, 5) is 29.1. The quantitative estimate of drug-likeness (QED) is 0.879. The van der Waals surface area contributed by atoms with Crippen molar-refractivity contribution in [1.29, 1.82) is 0 Å². The van der Waals surface area contributed by atoms with Gasteiger partial charge in [0.05, 0.1) is 19.3 Å². The normalized spacial score (nSPS) is 22.6. The minimum atomic E-state index is -0.802. The molecular formula is C18H24FN3O3. The first-order valence-electron chi connectivity index (χ1n) is 8.71. The van der Waals surface area contributed by atoms with Gasteiger partial charge in [-0.05, 0) is 18.9 Å². The molecule has 0 unspecified atom stereocenters. The van der Waals surface area contributed by atoms with Crippen LogP contribution in [0, 0.1) is 5.82 Å². The van der Waals surface area contributed by atoms with E-state index in [9.17, 15) is 14.0 Å². The maximum Gasteiger partial charge on any atom is 0.241 e. The molecule has 2 heterocycles. The van der Waals surface area contributed by atoms with Crippen molar-refractivity contribution >= 4 is 11.8 Å². The predicted molar refractivity (Wildman–Crippen MR) is 90.3 cm³/mol. The number of likely N-dealkylation sites (tertiary alicyclic amines) is 1. The Kier molecular flexibility index (Phi) is 5.65. The highest BCUT2D eigenvalue weighted by Crippen LogP contribution is 2.32. The summed E-state index contributed by atoms with van der Waals surface area (Å²) in [5, 5.41) is 2.61. The number of hydrogen-bond donors (Lipinski definition) is 1. The predicted octanol–water partition coefficient (Wildman–Crippen LogP) is 0.936. The molecule has 1 aromatic rings. The molecule has 2 aliphatic rings. The van der Waals surface area contributed by atoms with E-state index in [1.165, 1.54) is 13.1 Å². The highest BCUT2D eigenvalue weighted by Gasteiger charge is 2.41. The van der Waals surface area contributed by atoms with Crippen LogP contribution in [-0.2, 0) is 14.3 Å². The van der Waals surface area contributed by atoms with Crippen molar-refractivity contribution in [3.63, 3.8) is 0 Å². The highest BCUT2D eigenvalue weighted by molar-refractivity contribution is 5.86. The molecular weight excluding hydrogens is 325 g/mol. The fourth-order valence-corrected chi connectivity index (χ4v) is 3.66. The van der Waals surface area contributed by atoms with Gasteiger partial charge in [0.25, 0.3) is 0 Å². The van der Waals surface area contributed by atoms with Gasteiger partial charge in [-0.2, -0.15) is 0 Å². The van der Waals surface area contributed by atoms with E-state index in [1.54, 1.807) is 23.1 Å². The smallest absolute Gasteiger partial charge is 0.241 e. The molecule has 0 bridgehead atoms. The fourth-order valence-electron chi connectivity index (χ4n) is 3.66. The zero-order valence-electron chi connectivity index (χ0n) is 14.4. The molecule has 7 heteroatoms. The van der Waals surface area contributed by atoms with Gasteiger partial charge >= 0.3 is 0 Å². The topological polar surface area (TPSA) is 61.9 Å². The number of ether oxygens (including phenoxy) is 1. The van der Waals surface area contributed by atoms with E-state index in [0.717, 1.165) is 6.42 Å².